The van der Waals surface area contributed by atoms with Crippen LogP contribution in [0.4, 0.5) is 5.69 Å². The molecule has 1 aliphatic heterocycles. The summed E-state index contributed by atoms with van der Waals surface area (Å²) in [5.74, 6) is 0.0591. The second kappa shape index (κ2) is 5.58. The third-order valence-corrected chi connectivity index (χ3v) is 5.01. The van der Waals surface area contributed by atoms with Gasteiger partial charge < -0.3 is 10.2 Å². The summed E-state index contributed by atoms with van der Waals surface area (Å²) < 4.78 is 1.09. The molecule has 5 heteroatoms. The van der Waals surface area contributed by atoms with Crippen LogP contribution in [0.15, 0.2) is 33.4 Å². The number of halogens is 1. The molecule has 20 heavy (non-hydrogen) atoms. The Kier molecular flexibility index (Phi) is 3.81. The van der Waals surface area contributed by atoms with Crippen LogP contribution in [0.25, 0.3) is 0 Å². The van der Waals surface area contributed by atoms with Gasteiger partial charge >= 0.3 is 0 Å². The minimum Gasteiger partial charge on any atom is -0.384 e. The lowest BCUT2D eigenvalue weighted by atomic mass is 10.1. The highest BCUT2D eigenvalue weighted by Crippen LogP contribution is 2.25. The number of hydrogen-bond acceptors (Lipinski definition) is 3. The van der Waals surface area contributed by atoms with Crippen LogP contribution < -0.4 is 5.32 Å². The van der Waals surface area contributed by atoms with Crippen LogP contribution in [0.5, 0.6) is 0 Å². The molecule has 1 aliphatic rings. The fourth-order valence-corrected chi connectivity index (χ4v) is 3.62. The van der Waals surface area contributed by atoms with Gasteiger partial charge in [0.15, 0.2) is 0 Å². The lowest BCUT2D eigenvalue weighted by molar-refractivity contribution is 0.0785. The van der Waals surface area contributed by atoms with Crippen LogP contribution in [0, 0.1) is 0 Å². The Morgan fingerprint density at radius 2 is 2.30 bits per heavy atom. The largest absolute Gasteiger partial charge is 0.384 e. The number of nitrogens with zero attached hydrogens (tertiary/aromatic N) is 1. The molecule has 2 aromatic rings. The maximum absolute atomic E-state index is 12.4. The number of carbonyl (C=O) groups excluding carboxylic acids is 1. The molecule has 1 N–H and O–H groups in total. The summed E-state index contributed by atoms with van der Waals surface area (Å²) in [7, 11) is 1.84. The minimum absolute atomic E-state index is 0.0591. The summed E-state index contributed by atoms with van der Waals surface area (Å²) in [5.41, 5.74) is 4.29. The molecule has 1 aromatic heterocycles. The zero-order valence-electron chi connectivity index (χ0n) is 11.1. The Bertz CT molecular complexity index is 653. The van der Waals surface area contributed by atoms with Crippen LogP contribution >= 0.6 is 27.3 Å². The van der Waals surface area contributed by atoms with Crippen molar-refractivity contribution in [3.63, 3.8) is 0 Å². The van der Waals surface area contributed by atoms with Gasteiger partial charge in [-0.1, -0.05) is 6.07 Å². The standard InChI is InChI=1S/C15H15BrN2OS/c1-18(8-10-6-14(16)20-9-10)15(19)12-3-2-11-4-5-17-13(11)7-12/h2-3,6-7,9,17H,4-5,8H2,1H3. The van der Waals surface area contributed by atoms with Crippen molar-refractivity contribution in [1.82, 2.24) is 4.90 Å². The van der Waals surface area contributed by atoms with Crippen molar-refractivity contribution in [2.75, 3.05) is 18.9 Å². The van der Waals surface area contributed by atoms with Crippen molar-refractivity contribution in [3.8, 4) is 0 Å². The number of amides is 1. The zero-order valence-corrected chi connectivity index (χ0v) is 13.6. The van der Waals surface area contributed by atoms with Crippen LogP contribution in [0.1, 0.15) is 21.5 Å². The van der Waals surface area contributed by atoms with Crippen LogP contribution in [-0.2, 0) is 13.0 Å². The number of nitrogens with one attached hydrogen (secondary N) is 1. The second-order valence-electron chi connectivity index (χ2n) is 4.97. The average molecular weight is 351 g/mol. The summed E-state index contributed by atoms with van der Waals surface area (Å²) in [6.07, 6.45) is 1.04. The number of fused-ring (bicyclic) bond motifs is 1. The van der Waals surface area contributed by atoms with Crippen molar-refractivity contribution >= 4 is 38.9 Å². The monoisotopic (exact) mass is 350 g/mol. The summed E-state index contributed by atoms with van der Waals surface area (Å²) in [6, 6.07) is 8.00. The SMILES string of the molecule is CN(Cc1csc(Br)c1)C(=O)c1ccc2c(c1)NCC2. The third kappa shape index (κ3) is 2.74. The predicted molar refractivity (Wildman–Crippen MR) is 86.5 cm³/mol. The topological polar surface area (TPSA) is 32.3 Å². The smallest absolute Gasteiger partial charge is 0.253 e. The van der Waals surface area contributed by atoms with Crippen molar-refractivity contribution in [2.45, 2.75) is 13.0 Å². The molecular weight excluding hydrogens is 336 g/mol. The Hall–Kier alpha value is -1.33. The molecule has 0 atom stereocenters. The van der Waals surface area contributed by atoms with Gasteiger partial charge in [-0.05, 0) is 57.1 Å². The van der Waals surface area contributed by atoms with E-state index in [0.717, 1.165) is 33.6 Å². The summed E-state index contributed by atoms with van der Waals surface area (Å²) in [4.78, 5) is 14.2. The van der Waals surface area contributed by atoms with Gasteiger partial charge in [-0.25, -0.2) is 0 Å². The van der Waals surface area contributed by atoms with E-state index >= 15 is 0 Å². The maximum Gasteiger partial charge on any atom is 0.253 e. The number of hydrogen-bond donors (Lipinski definition) is 1. The lowest BCUT2D eigenvalue weighted by Gasteiger charge is -2.17. The van der Waals surface area contributed by atoms with Gasteiger partial charge in [-0.2, -0.15) is 0 Å². The number of rotatable bonds is 3. The van der Waals surface area contributed by atoms with Crippen LogP contribution in [0.2, 0.25) is 0 Å². The second-order valence-corrected chi connectivity index (χ2v) is 7.26. The molecule has 0 radical (unpaired) electrons. The molecule has 0 fully saturated rings. The van der Waals surface area contributed by atoms with Gasteiger partial charge in [0.1, 0.15) is 0 Å². The molecule has 0 saturated carbocycles. The Balaban J connectivity index is 1.74. The van der Waals surface area contributed by atoms with E-state index in [2.05, 4.69) is 38.8 Å². The number of carbonyl (C=O) groups is 1. The zero-order chi connectivity index (χ0) is 14.1. The number of anilines is 1. The lowest BCUT2D eigenvalue weighted by Crippen LogP contribution is -2.26. The van der Waals surface area contributed by atoms with Crippen LogP contribution in [-0.4, -0.2) is 24.4 Å². The van der Waals surface area contributed by atoms with E-state index in [0.29, 0.717) is 6.54 Å². The molecule has 0 unspecified atom stereocenters. The molecule has 3 rings (SSSR count). The number of benzene rings is 1. The van der Waals surface area contributed by atoms with Crippen molar-refractivity contribution < 1.29 is 4.79 Å². The molecule has 1 amide bonds. The Labute approximate surface area is 130 Å². The van der Waals surface area contributed by atoms with E-state index < -0.39 is 0 Å². The normalized spacial score (nSPS) is 12.9. The average Bonchev–Trinajstić information content (AvgIpc) is 3.05. The van der Waals surface area contributed by atoms with Gasteiger partial charge in [0.2, 0.25) is 0 Å². The van der Waals surface area contributed by atoms with Gasteiger partial charge in [0.25, 0.3) is 5.91 Å². The van der Waals surface area contributed by atoms with Crippen molar-refractivity contribution in [2.24, 2.45) is 0 Å². The van der Waals surface area contributed by atoms with Crippen LogP contribution in [0.3, 0.4) is 0 Å². The first-order chi connectivity index (χ1) is 9.63. The van der Waals surface area contributed by atoms with E-state index in [1.54, 1.807) is 16.2 Å². The molecule has 104 valence electrons. The summed E-state index contributed by atoms with van der Waals surface area (Å²) >= 11 is 5.08. The van der Waals surface area contributed by atoms with E-state index in [1.807, 2.05) is 19.2 Å². The third-order valence-electron chi connectivity index (χ3n) is 3.45. The first kappa shape index (κ1) is 13.6. The van der Waals surface area contributed by atoms with Gasteiger partial charge in [0, 0.05) is 31.4 Å². The molecule has 0 bridgehead atoms. The first-order valence-electron chi connectivity index (χ1n) is 6.48. The van der Waals surface area contributed by atoms with Gasteiger partial charge in [-0.15, -0.1) is 11.3 Å². The van der Waals surface area contributed by atoms with Gasteiger partial charge in [-0.3, -0.25) is 4.79 Å². The summed E-state index contributed by atoms with van der Waals surface area (Å²) in [6.45, 7) is 1.59. The molecular formula is C15H15BrN2OS. The molecule has 0 aliphatic carbocycles. The molecule has 0 spiro atoms. The van der Waals surface area contributed by atoms with E-state index in [4.69, 9.17) is 0 Å². The molecule has 1 aromatic carbocycles. The molecule has 3 nitrogen and oxygen atoms in total. The fourth-order valence-electron chi connectivity index (χ4n) is 2.42. The van der Waals surface area contributed by atoms with Crippen molar-refractivity contribution in [3.05, 3.63) is 50.1 Å². The highest BCUT2D eigenvalue weighted by atomic mass is 79.9. The summed E-state index contributed by atoms with van der Waals surface area (Å²) in [5, 5.41) is 5.38. The highest BCUT2D eigenvalue weighted by molar-refractivity contribution is 9.11. The highest BCUT2D eigenvalue weighted by Gasteiger charge is 2.16. The van der Waals surface area contributed by atoms with Crippen molar-refractivity contribution in [1.29, 1.82) is 0 Å². The quantitative estimate of drug-likeness (QED) is 0.914. The number of thiophene rings is 1. The Morgan fingerprint density at radius 1 is 1.45 bits per heavy atom. The first-order valence-corrected chi connectivity index (χ1v) is 8.16. The molecule has 2 heterocycles. The van der Waals surface area contributed by atoms with E-state index in [9.17, 15) is 4.79 Å². The fraction of sp³-hybridized carbons (Fsp3) is 0.267. The van der Waals surface area contributed by atoms with E-state index in [1.165, 1.54) is 5.56 Å². The van der Waals surface area contributed by atoms with Gasteiger partial charge in [0.05, 0.1) is 3.79 Å². The Morgan fingerprint density at radius 3 is 3.05 bits per heavy atom. The molecule has 0 saturated heterocycles. The van der Waals surface area contributed by atoms with E-state index in [-0.39, 0.29) is 5.91 Å². The minimum atomic E-state index is 0.0591. The maximum atomic E-state index is 12.4. The predicted octanol–water partition coefficient (Wildman–Crippen LogP) is 3.75.